The second-order valence-corrected chi connectivity index (χ2v) is 5.48. The molecule has 6 heteroatoms. The van der Waals surface area contributed by atoms with Crippen LogP contribution in [0.25, 0.3) is 5.52 Å². The fraction of sp³-hybridized carbons (Fsp3) is 0.235. The molecule has 0 aliphatic carbocycles. The average molecular weight is 308 g/mol. The van der Waals surface area contributed by atoms with Gasteiger partial charge in [-0.3, -0.25) is 9.78 Å². The third-order valence-corrected chi connectivity index (χ3v) is 4.02. The highest BCUT2D eigenvalue weighted by atomic mass is 16.5. The van der Waals surface area contributed by atoms with Crippen LogP contribution in [0.15, 0.2) is 55.0 Å². The Morgan fingerprint density at radius 1 is 1.22 bits per heavy atom. The SMILES string of the molecule is O=C(c1ccn2nccc2c1)N1CCOC(c2ccccn2)C1. The van der Waals surface area contributed by atoms with E-state index >= 15 is 0 Å². The molecule has 0 radical (unpaired) electrons. The number of carbonyl (C=O) groups is 1. The van der Waals surface area contributed by atoms with Gasteiger partial charge in [-0.15, -0.1) is 0 Å². The molecule has 0 saturated carbocycles. The summed E-state index contributed by atoms with van der Waals surface area (Å²) in [5.41, 5.74) is 2.43. The Balaban J connectivity index is 1.55. The zero-order valence-corrected chi connectivity index (χ0v) is 12.5. The number of pyridine rings is 2. The first-order chi connectivity index (χ1) is 11.3. The number of aromatic nitrogens is 3. The molecule has 23 heavy (non-hydrogen) atoms. The summed E-state index contributed by atoms with van der Waals surface area (Å²) in [6, 6.07) is 11.3. The largest absolute Gasteiger partial charge is 0.368 e. The Hall–Kier alpha value is -2.73. The first-order valence-corrected chi connectivity index (χ1v) is 7.56. The fourth-order valence-electron chi connectivity index (χ4n) is 2.82. The number of rotatable bonds is 2. The Morgan fingerprint density at radius 2 is 2.17 bits per heavy atom. The summed E-state index contributed by atoms with van der Waals surface area (Å²) in [5.74, 6) is 0.0120. The summed E-state index contributed by atoms with van der Waals surface area (Å²) in [6.07, 6.45) is 5.09. The van der Waals surface area contributed by atoms with Crippen molar-refractivity contribution in [2.45, 2.75) is 6.10 Å². The molecule has 0 bridgehead atoms. The lowest BCUT2D eigenvalue weighted by atomic mass is 10.1. The lowest BCUT2D eigenvalue weighted by Gasteiger charge is -2.32. The third-order valence-electron chi connectivity index (χ3n) is 4.02. The molecule has 1 aliphatic rings. The highest BCUT2D eigenvalue weighted by Crippen LogP contribution is 2.21. The number of fused-ring (bicyclic) bond motifs is 1. The number of carbonyl (C=O) groups excluding carboxylic acids is 1. The molecule has 1 fully saturated rings. The summed E-state index contributed by atoms with van der Waals surface area (Å²) in [6.45, 7) is 1.62. The Labute approximate surface area is 133 Å². The van der Waals surface area contributed by atoms with Gasteiger partial charge in [0, 0.05) is 30.7 Å². The predicted molar refractivity (Wildman–Crippen MR) is 84.0 cm³/mol. The molecule has 0 spiro atoms. The number of amides is 1. The molecule has 1 atom stereocenters. The van der Waals surface area contributed by atoms with Gasteiger partial charge in [-0.25, -0.2) is 4.52 Å². The van der Waals surface area contributed by atoms with Crippen molar-refractivity contribution in [3.63, 3.8) is 0 Å². The van der Waals surface area contributed by atoms with Crippen molar-refractivity contribution in [2.75, 3.05) is 19.7 Å². The van der Waals surface area contributed by atoms with Crippen LogP contribution in [0, 0.1) is 0 Å². The molecule has 6 nitrogen and oxygen atoms in total. The van der Waals surface area contributed by atoms with Gasteiger partial charge in [0.1, 0.15) is 6.10 Å². The first-order valence-electron chi connectivity index (χ1n) is 7.56. The van der Waals surface area contributed by atoms with Gasteiger partial charge in [0.2, 0.25) is 0 Å². The topological polar surface area (TPSA) is 59.7 Å². The van der Waals surface area contributed by atoms with E-state index in [9.17, 15) is 4.79 Å². The third kappa shape index (κ3) is 2.68. The van der Waals surface area contributed by atoms with Crippen molar-refractivity contribution in [2.24, 2.45) is 0 Å². The van der Waals surface area contributed by atoms with E-state index in [1.807, 2.05) is 35.2 Å². The Kier molecular flexibility index (Phi) is 3.51. The molecular weight excluding hydrogens is 292 g/mol. The quantitative estimate of drug-likeness (QED) is 0.726. The van der Waals surface area contributed by atoms with Crippen LogP contribution in [0.5, 0.6) is 0 Å². The molecule has 116 valence electrons. The van der Waals surface area contributed by atoms with Crippen LogP contribution in [0.4, 0.5) is 0 Å². The number of hydrogen-bond donors (Lipinski definition) is 0. The number of hydrogen-bond acceptors (Lipinski definition) is 4. The van der Waals surface area contributed by atoms with E-state index in [4.69, 9.17) is 4.74 Å². The van der Waals surface area contributed by atoms with Gasteiger partial charge in [-0.1, -0.05) is 6.07 Å². The lowest BCUT2D eigenvalue weighted by Crippen LogP contribution is -2.42. The maximum absolute atomic E-state index is 12.8. The van der Waals surface area contributed by atoms with Crippen molar-refractivity contribution in [1.82, 2.24) is 19.5 Å². The van der Waals surface area contributed by atoms with Crippen LogP contribution in [0.2, 0.25) is 0 Å². The van der Waals surface area contributed by atoms with E-state index in [0.717, 1.165) is 11.2 Å². The normalized spacial score (nSPS) is 18.3. The standard InChI is InChI=1S/C17H16N4O2/c22-17(13-5-8-21-14(11-13)4-7-19-21)20-9-10-23-16(12-20)15-3-1-2-6-18-15/h1-8,11,16H,9-10,12H2. The van der Waals surface area contributed by atoms with Gasteiger partial charge in [0.05, 0.1) is 24.4 Å². The van der Waals surface area contributed by atoms with E-state index in [2.05, 4.69) is 10.1 Å². The van der Waals surface area contributed by atoms with Crippen molar-refractivity contribution in [3.8, 4) is 0 Å². The smallest absolute Gasteiger partial charge is 0.254 e. The molecule has 1 saturated heterocycles. The van der Waals surface area contributed by atoms with Crippen LogP contribution < -0.4 is 0 Å². The molecule has 1 amide bonds. The molecule has 1 unspecified atom stereocenters. The van der Waals surface area contributed by atoms with E-state index in [-0.39, 0.29) is 12.0 Å². The number of ether oxygens (including phenoxy) is 1. The zero-order valence-electron chi connectivity index (χ0n) is 12.5. The van der Waals surface area contributed by atoms with Gasteiger partial charge in [0.25, 0.3) is 5.91 Å². The summed E-state index contributed by atoms with van der Waals surface area (Å²) >= 11 is 0. The fourth-order valence-corrected chi connectivity index (χ4v) is 2.82. The molecule has 1 aliphatic heterocycles. The van der Waals surface area contributed by atoms with Gasteiger partial charge in [-0.05, 0) is 30.3 Å². The molecule has 3 aromatic rings. The predicted octanol–water partition coefficient (Wildman–Crippen LogP) is 1.94. The van der Waals surface area contributed by atoms with E-state index in [0.29, 0.717) is 25.3 Å². The Bertz CT molecular complexity index is 831. The average Bonchev–Trinajstić information content (AvgIpc) is 3.09. The van der Waals surface area contributed by atoms with Crippen LogP contribution in [0.1, 0.15) is 22.2 Å². The summed E-state index contributed by atoms with van der Waals surface area (Å²) in [4.78, 5) is 18.9. The van der Waals surface area contributed by atoms with Gasteiger partial charge >= 0.3 is 0 Å². The van der Waals surface area contributed by atoms with Crippen LogP contribution in [-0.4, -0.2) is 45.1 Å². The van der Waals surface area contributed by atoms with Gasteiger partial charge in [0.15, 0.2) is 0 Å². The molecule has 0 aromatic carbocycles. The number of nitrogens with zero attached hydrogens (tertiary/aromatic N) is 4. The van der Waals surface area contributed by atoms with Crippen LogP contribution >= 0.6 is 0 Å². The second kappa shape index (κ2) is 5.81. The number of morpholine rings is 1. The van der Waals surface area contributed by atoms with Gasteiger partial charge < -0.3 is 9.64 Å². The molecular formula is C17H16N4O2. The van der Waals surface area contributed by atoms with E-state index in [1.165, 1.54) is 0 Å². The Morgan fingerprint density at radius 3 is 3.04 bits per heavy atom. The van der Waals surface area contributed by atoms with E-state index in [1.54, 1.807) is 29.2 Å². The lowest BCUT2D eigenvalue weighted by molar-refractivity contribution is -0.0247. The van der Waals surface area contributed by atoms with Crippen molar-refractivity contribution < 1.29 is 9.53 Å². The highest BCUT2D eigenvalue weighted by Gasteiger charge is 2.26. The summed E-state index contributed by atoms with van der Waals surface area (Å²) in [5, 5.41) is 4.15. The maximum atomic E-state index is 12.8. The van der Waals surface area contributed by atoms with Crippen molar-refractivity contribution in [3.05, 3.63) is 66.2 Å². The van der Waals surface area contributed by atoms with Gasteiger partial charge in [-0.2, -0.15) is 5.10 Å². The molecule has 0 N–H and O–H groups in total. The summed E-state index contributed by atoms with van der Waals surface area (Å²) in [7, 11) is 0. The maximum Gasteiger partial charge on any atom is 0.254 e. The minimum Gasteiger partial charge on any atom is -0.368 e. The summed E-state index contributed by atoms with van der Waals surface area (Å²) < 4.78 is 7.51. The molecule has 3 aromatic heterocycles. The zero-order chi connectivity index (χ0) is 15.6. The first kappa shape index (κ1) is 13.9. The minimum absolute atomic E-state index is 0.0120. The van der Waals surface area contributed by atoms with Crippen molar-refractivity contribution >= 4 is 11.4 Å². The van der Waals surface area contributed by atoms with Crippen LogP contribution in [0.3, 0.4) is 0 Å². The van der Waals surface area contributed by atoms with Crippen molar-refractivity contribution in [1.29, 1.82) is 0 Å². The molecule has 4 rings (SSSR count). The highest BCUT2D eigenvalue weighted by molar-refractivity contribution is 5.95. The second-order valence-electron chi connectivity index (χ2n) is 5.48. The van der Waals surface area contributed by atoms with Crippen LogP contribution in [-0.2, 0) is 4.74 Å². The monoisotopic (exact) mass is 308 g/mol. The molecule has 4 heterocycles. The van der Waals surface area contributed by atoms with E-state index < -0.39 is 0 Å². The minimum atomic E-state index is -0.174.